The van der Waals surface area contributed by atoms with Crippen LogP contribution >= 0.6 is 11.8 Å². The molecule has 0 aliphatic heterocycles. The number of aromatic nitrogens is 4. The van der Waals surface area contributed by atoms with Gasteiger partial charge in [0.05, 0.1) is 12.4 Å². The Hall–Kier alpha value is -2.61. The van der Waals surface area contributed by atoms with E-state index in [9.17, 15) is 4.79 Å². The van der Waals surface area contributed by atoms with Gasteiger partial charge in [0.1, 0.15) is 10.8 Å². The molecule has 0 aliphatic carbocycles. The number of nitrogens with two attached hydrogens (primary N) is 1. The number of benzene rings is 1. The zero-order valence-electron chi connectivity index (χ0n) is 12.5. The molecule has 1 amide bonds. The molecule has 3 aromatic rings. The zero-order chi connectivity index (χ0) is 16.2. The number of carbonyl (C=O) groups is 1. The van der Waals surface area contributed by atoms with Crippen molar-refractivity contribution in [2.24, 2.45) is 5.73 Å². The Labute approximate surface area is 136 Å². The second-order valence-corrected chi connectivity index (χ2v) is 5.67. The second-order valence-electron chi connectivity index (χ2n) is 4.68. The van der Waals surface area contributed by atoms with Crippen LogP contribution in [0.25, 0.3) is 17.0 Å². The van der Waals surface area contributed by atoms with Gasteiger partial charge in [0.25, 0.3) is 0 Å². The van der Waals surface area contributed by atoms with E-state index in [2.05, 4.69) is 15.3 Å². The van der Waals surface area contributed by atoms with Crippen molar-refractivity contribution < 1.29 is 9.53 Å². The summed E-state index contributed by atoms with van der Waals surface area (Å²) in [6.45, 7) is 2.56. The van der Waals surface area contributed by atoms with E-state index in [-0.39, 0.29) is 11.7 Å². The van der Waals surface area contributed by atoms with Crippen molar-refractivity contribution in [3.63, 3.8) is 0 Å². The van der Waals surface area contributed by atoms with Crippen molar-refractivity contribution in [2.75, 3.05) is 12.4 Å². The maximum absolute atomic E-state index is 10.9. The minimum Gasteiger partial charge on any atom is -0.494 e. The van der Waals surface area contributed by atoms with Crippen molar-refractivity contribution >= 4 is 23.3 Å². The normalized spacial score (nSPS) is 10.8. The minimum absolute atomic E-state index is 0.180. The fraction of sp³-hybridized carbons (Fsp3) is 0.200. The second kappa shape index (κ2) is 6.66. The molecule has 118 valence electrons. The third-order valence-electron chi connectivity index (χ3n) is 3.02. The average molecular weight is 329 g/mol. The SMILES string of the molecule is CCOc1ccc(-c2nnc3ccc(SCC(N)=O)nn23)cc1. The van der Waals surface area contributed by atoms with Gasteiger partial charge in [-0.25, -0.2) is 0 Å². The lowest BCUT2D eigenvalue weighted by Crippen LogP contribution is -2.13. The number of nitrogens with zero attached hydrogens (tertiary/aromatic N) is 4. The summed E-state index contributed by atoms with van der Waals surface area (Å²) in [7, 11) is 0. The van der Waals surface area contributed by atoms with E-state index in [1.165, 1.54) is 11.8 Å². The number of fused-ring (bicyclic) bond motifs is 1. The van der Waals surface area contributed by atoms with E-state index < -0.39 is 0 Å². The number of ether oxygens (including phenoxy) is 1. The molecule has 8 heteroatoms. The van der Waals surface area contributed by atoms with Gasteiger partial charge in [-0.3, -0.25) is 4.79 Å². The Morgan fingerprint density at radius 1 is 1.22 bits per heavy atom. The van der Waals surface area contributed by atoms with Crippen LogP contribution in [0.3, 0.4) is 0 Å². The largest absolute Gasteiger partial charge is 0.494 e. The molecule has 0 atom stereocenters. The van der Waals surface area contributed by atoms with Crippen LogP contribution in [0.4, 0.5) is 0 Å². The molecule has 2 heterocycles. The Morgan fingerprint density at radius 2 is 2.00 bits per heavy atom. The van der Waals surface area contributed by atoms with E-state index in [1.807, 2.05) is 31.2 Å². The number of hydrogen-bond donors (Lipinski definition) is 1. The monoisotopic (exact) mass is 329 g/mol. The van der Waals surface area contributed by atoms with Gasteiger partial charge in [0.2, 0.25) is 5.91 Å². The molecule has 0 aliphatic rings. The van der Waals surface area contributed by atoms with E-state index >= 15 is 0 Å². The van der Waals surface area contributed by atoms with E-state index in [4.69, 9.17) is 10.5 Å². The Kier molecular flexibility index (Phi) is 4.42. The highest BCUT2D eigenvalue weighted by atomic mass is 32.2. The number of rotatable bonds is 6. The minimum atomic E-state index is -0.382. The fourth-order valence-corrected chi connectivity index (χ4v) is 2.63. The van der Waals surface area contributed by atoms with Crippen molar-refractivity contribution in [1.29, 1.82) is 0 Å². The first-order valence-electron chi connectivity index (χ1n) is 7.04. The molecule has 0 radical (unpaired) electrons. The number of amides is 1. The smallest absolute Gasteiger partial charge is 0.227 e. The van der Waals surface area contributed by atoms with Crippen LogP contribution in [0.1, 0.15) is 6.92 Å². The lowest BCUT2D eigenvalue weighted by atomic mass is 10.2. The number of thioether (sulfide) groups is 1. The lowest BCUT2D eigenvalue weighted by Gasteiger charge is -2.04. The van der Waals surface area contributed by atoms with Gasteiger partial charge < -0.3 is 10.5 Å². The molecule has 0 fully saturated rings. The van der Waals surface area contributed by atoms with Crippen LogP contribution in [0, 0.1) is 0 Å². The van der Waals surface area contributed by atoms with Gasteiger partial charge in [-0.1, -0.05) is 11.8 Å². The molecule has 0 saturated heterocycles. The molecular weight excluding hydrogens is 314 g/mol. The summed E-state index contributed by atoms with van der Waals surface area (Å²) in [6, 6.07) is 11.2. The van der Waals surface area contributed by atoms with Crippen LogP contribution in [0.15, 0.2) is 41.4 Å². The predicted molar refractivity (Wildman–Crippen MR) is 87.3 cm³/mol. The summed E-state index contributed by atoms with van der Waals surface area (Å²) < 4.78 is 7.09. The van der Waals surface area contributed by atoms with Gasteiger partial charge in [0, 0.05) is 5.56 Å². The molecule has 3 rings (SSSR count). The van der Waals surface area contributed by atoms with E-state index in [1.54, 1.807) is 16.6 Å². The van der Waals surface area contributed by atoms with Crippen molar-refractivity contribution in [2.45, 2.75) is 11.9 Å². The standard InChI is InChI=1S/C15H15N5O2S/c1-2-22-11-5-3-10(4-6-11)15-18-17-13-7-8-14(19-20(13)15)23-9-12(16)21/h3-8H,2,9H2,1H3,(H2,16,21). The maximum Gasteiger partial charge on any atom is 0.227 e. The highest BCUT2D eigenvalue weighted by molar-refractivity contribution is 7.99. The fourth-order valence-electron chi connectivity index (χ4n) is 2.04. The van der Waals surface area contributed by atoms with Crippen molar-refractivity contribution in [1.82, 2.24) is 19.8 Å². The Bertz CT molecular complexity index is 832. The highest BCUT2D eigenvalue weighted by Crippen LogP contribution is 2.22. The molecule has 1 aromatic carbocycles. The van der Waals surface area contributed by atoms with Crippen LogP contribution in [0.2, 0.25) is 0 Å². The van der Waals surface area contributed by atoms with Gasteiger partial charge in [-0.15, -0.1) is 10.2 Å². The summed E-state index contributed by atoms with van der Waals surface area (Å²) in [4.78, 5) is 10.9. The van der Waals surface area contributed by atoms with Gasteiger partial charge >= 0.3 is 0 Å². The molecule has 23 heavy (non-hydrogen) atoms. The summed E-state index contributed by atoms with van der Waals surface area (Å²) in [5.74, 6) is 1.23. The van der Waals surface area contributed by atoms with Gasteiger partial charge in [0.15, 0.2) is 11.5 Å². The molecule has 2 N–H and O–H groups in total. The van der Waals surface area contributed by atoms with Crippen LogP contribution < -0.4 is 10.5 Å². The van der Waals surface area contributed by atoms with Crippen LogP contribution in [-0.4, -0.2) is 38.1 Å². The lowest BCUT2D eigenvalue weighted by molar-refractivity contribution is -0.115. The third kappa shape index (κ3) is 3.42. The Morgan fingerprint density at radius 3 is 2.70 bits per heavy atom. The summed E-state index contributed by atoms with van der Waals surface area (Å²) in [6.07, 6.45) is 0. The van der Waals surface area contributed by atoms with Crippen molar-refractivity contribution in [3.05, 3.63) is 36.4 Å². The van der Waals surface area contributed by atoms with Gasteiger partial charge in [-0.05, 0) is 43.3 Å². The first kappa shape index (κ1) is 15.3. The summed E-state index contributed by atoms with van der Waals surface area (Å²) in [5.41, 5.74) is 6.68. The number of carbonyl (C=O) groups excluding carboxylic acids is 1. The average Bonchev–Trinajstić information content (AvgIpc) is 2.97. The summed E-state index contributed by atoms with van der Waals surface area (Å²) >= 11 is 1.28. The predicted octanol–water partition coefficient (Wildman–Crippen LogP) is 1.77. The third-order valence-corrected chi connectivity index (χ3v) is 3.97. The first-order valence-corrected chi connectivity index (χ1v) is 8.02. The number of primary amides is 1. The van der Waals surface area contributed by atoms with Crippen LogP contribution in [0.5, 0.6) is 5.75 Å². The summed E-state index contributed by atoms with van der Waals surface area (Å²) in [5, 5.41) is 13.4. The topological polar surface area (TPSA) is 95.4 Å². The molecule has 0 spiro atoms. The number of hydrogen-bond acceptors (Lipinski definition) is 6. The molecule has 7 nitrogen and oxygen atoms in total. The quantitative estimate of drug-likeness (QED) is 0.692. The highest BCUT2D eigenvalue weighted by Gasteiger charge is 2.11. The molecule has 2 aromatic heterocycles. The molecule has 0 bridgehead atoms. The molecular formula is C15H15N5O2S. The maximum atomic E-state index is 10.9. The molecule has 0 unspecified atom stereocenters. The Balaban J connectivity index is 1.93. The molecule has 0 saturated carbocycles. The first-order chi connectivity index (χ1) is 11.2. The van der Waals surface area contributed by atoms with Crippen LogP contribution in [-0.2, 0) is 4.79 Å². The van der Waals surface area contributed by atoms with Gasteiger partial charge in [-0.2, -0.15) is 9.61 Å². The zero-order valence-corrected chi connectivity index (χ0v) is 13.3. The van der Waals surface area contributed by atoms with E-state index in [0.717, 1.165) is 11.3 Å². The van der Waals surface area contributed by atoms with E-state index in [0.29, 0.717) is 23.1 Å². The van der Waals surface area contributed by atoms with Crippen molar-refractivity contribution in [3.8, 4) is 17.1 Å².